The van der Waals surface area contributed by atoms with Crippen molar-refractivity contribution >= 4 is 28.8 Å². The van der Waals surface area contributed by atoms with Crippen molar-refractivity contribution in [2.45, 2.75) is 50.9 Å². The second-order valence-electron chi connectivity index (χ2n) is 8.55. The number of fused-ring (bicyclic) bond motifs is 1. The Kier molecular flexibility index (Phi) is 6.45. The van der Waals surface area contributed by atoms with Gasteiger partial charge in [0.1, 0.15) is 0 Å². The van der Waals surface area contributed by atoms with E-state index in [2.05, 4.69) is 22.2 Å². The van der Waals surface area contributed by atoms with E-state index in [4.69, 9.17) is 0 Å². The van der Waals surface area contributed by atoms with E-state index in [0.29, 0.717) is 11.5 Å². The monoisotopic (exact) mass is 470 g/mol. The van der Waals surface area contributed by atoms with Crippen molar-refractivity contribution < 1.29 is 22.8 Å². The molecule has 0 saturated heterocycles. The van der Waals surface area contributed by atoms with Crippen LogP contribution in [0.15, 0.2) is 55.1 Å². The molecule has 0 radical (unpaired) electrons. The summed E-state index contributed by atoms with van der Waals surface area (Å²) in [5.74, 6) is -0.575. The number of nitrogens with zero attached hydrogens (tertiary/aromatic N) is 2. The molecule has 178 valence electrons. The third-order valence-corrected chi connectivity index (χ3v) is 6.12. The average Bonchev–Trinajstić information content (AvgIpc) is 3.15. The number of imidazole rings is 1. The largest absolute Gasteiger partial charge is 0.416 e. The lowest BCUT2D eigenvalue weighted by molar-refractivity contribution is -0.137. The number of anilines is 1. The number of hydrogen-bond donors (Lipinski definition) is 2. The Morgan fingerprint density at radius 3 is 2.53 bits per heavy atom. The topological polar surface area (TPSA) is 76.0 Å². The second kappa shape index (κ2) is 9.32. The maximum absolute atomic E-state index is 13.1. The fraction of sp³-hybridized carbons (Fsp3) is 0.320. The van der Waals surface area contributed by atoms with Crippen LogP contribution in [0.25, 0.3) is 11.0 Å². The molecule has 0 spiro atoms. The summed E-state index contributed by atoms with van der Waals surface area (Å²) in [6.45, 7) is 5.42. The number of aryl methyl sites for hydroxylation is 1. The highest BCUT2D eigenvalue weighted by molar-refractivity contribution is 6.04. The minimum absolute atomic E-state index is 0.0152. The number of carbonyl (C=O) groups is 2. The number of amides is 2. The van der Waals surface area contributed by atoms with Gasteiger partial charge in [-0.2, -0.15) is 13.2 Å². The van der Waals surface area contributed by atoms with E-state index in [1.54, 1.807) is 0 Å². The van der Waals surface area contributed by atoms with Gasteiger partial charge in [-0.05, 0) is 74.6 Å². The van der Waals surface area contributed by atoms with Gasteiger partial charge in [0.25, 0.3) is 5.91 Å². The van der Waals surface area contributed by atoms with Crippen LogP contribution in [0, 0.1) is 6.92 Å². The number of hydrogen-bond acceptors (Lipinski definition) is 3. The van der Waals surface area contributed by atoms with Crippen molar-refractivity contribution in [2.24, 2.45) is 0 Å². The van der Waals surface area contributed by atoms with Crippen molar-refractivity contribution in [3.05, 3.63) is 71.8 Å². The van der Waals surface area contributed by atoms with Crippen molar-refractivity contribution in [1.82, 2.24) is 14.9 Å². The highest BCUT2D eigenvalue weighted by Gasteiger charge is 2.31. The van der Waals surface area contributed by atoms with E-state index < -0.39 is 17.6 Å². The number of rotatable bonds is 5. The fourth-order valence-corrected chi connectivity index (χ4v) is 4.42. The Bertz CT molecular complexity index is 1240. The molecule has 2 N–H and O–H groups in total. The van der Waals surface area contributed by atoms with Gasteiger partial charge in [-0.3, -0.25) is 14.9 Å². The Hall–Kier alpha value is -3.62. The molecule has 1 saturated carbocycles. The molecule has 0 bridgehead atoms. The third kappa shape index (κ3) is 4.98. The van der Waals surface area contributed by atoms with E-state index >= 15 is 0 Å². The van der Waals surface area contributed by atoms with E-state index in [-0.39, 0.29) is 23.6 Å². The zero-order valence-electron chi connectivity index (χ0n) is 18.7. The first-order valence-corrected chi connectivity index (χ1v) is 11.1. The molecule has 9 heteroatoms. The van der Waals surface area contributed by atoms with Gasteiger partial charge in [0.2, 0.25) is 11.9 Å². The van der Waals surface area contributed by atoms with E-state index in [1.807, 2.05) is 29.7 Å². The number of nitrogens with one attached hydrogen (secondary N) is 2. The number of aromatic nitrogens is 2. The number of alkyl halides is 3. The summed E-state index contributed by atoms with van der Waals surface area (Å²) in [4.78, 5) is 29.1. The van der Waals surface area contributed by atoms with Crippen molar-refractivity contribution in [1.29, 1.82) is 0 Å². The molecule has 1 fully saturated rings. The van der Waals surface area contributed by atoms with Gasteiger partial charge in [0.05, 0.1) is 16.6 Å². The summed E-state index contributed by atoms with van der Waals surface area (Å²) >= 11 is 0. The quantitative estimate of drug-likeness (QED) is 0.490. The van der Waals surface area contributed by atoms with Gasteiger partial charge in [0, 0.05) is 17.6 Å². The molecule has 1 aliphatic carbocycles. The molecule has 0 unspecified atom stereocenters. The SMILES string of the molecule is C=CC(=O)N[C@H]1CC[C@H](n2c(NC(=O)c3cccc(C(F)(F)F)c3)nc3cc(C)ccc32)CC1. The first-order valence-electron chi connectivity index (χ1n) is 11.1. The Morgan fingerprint density at radius 1 is 1.12 bits per heavy atom. The molecule has 2 aromatic carbocycles. The fourth-order valence-electron chi connectivity index (χ4n) is 4.42. The second-order valence-corrected chi connectivity index (χ2v) is 8.55. The third-order valence-electron chi connectivity index (χ3n) is 6.12. The van der Waals surface area contributed by atoms with Gasteiger partial charge >= 0.3 is 6.18 Å². The van der Waals surface area contributed by atoms with Gasteiger partial charge in [-0.15, -0.1) is 0 Å². The van der Waals surface area contributed by atoms with E-state index in [1.165, 1.54) is 18.2 Å². The molecular formula is C25H25F3N4O2. The van der Waals surface area contributed by atoms with Crippen LogP contribution in [0.3, 0.4) is 0 Å². The molecule has 0 aliphatic heterocycles. The number of halogens is 3. The zero-order valence-corrected chi connectivity index (χ0v) is 18.7. The average molecular weight is 470 g/mol. The first kappa shape index (κ1) is 23.5. The minimum Gasteiger partial charge on any atom is -0.350 e. The summed E-state index contributed by atoms with van der Waals surface area (Å²) in [6, 6.07) is 10.2. The molecule has 1 aliphatic rings. The maximum Gasteiger partial charge on any atom is 0.416 e. The molecule has 34 heavy (non-hydrogen) atoms. The lowest BCUT2D eigenvalue weighted by Gasteiger charge is -2.31. The molecule has 3 aromatic rings. The normalized spacial score (nSPS) is 18.5. The molecular weight excluding hydrogens is 445 g/mol. The van der Waals surface area contributed by atoms with Crippen LogP contribution in [0.2, 0.25) is 0 Å². The maximum atomic E-state index is 13.1. The minimum atomic E-state index is -4.54. The molecule has 6 nitrogen and oxygen atoms in total. The van der Waals surface area contributed by atoms with Gasteiger partial charge < -0.3 is 9.88 Å². The molecule has 1 aromatic heterocycles. The highest BCUT2D eigenvalue weighted by atomic mass is 19.4. The summed E-state index contributed by atoms with van der Waals surface area (Å²) < 4.78 is 41.2. The summed E-state index contributed by atoms with van der Waals surface area (Å²) in [5.41, 5.74) is 1.55. The zero-order chi connectivity index (χ0) is 24.5. The van der Waals surface area contributed by atoms with Crippen LogP contribution in [0.4, 0.5) is 19.1 Å². The van der Waals surface area contributed by atoms with Crippen LogP contribution in [0.5, 0.6) is 0 Å². The summed E-state index contributed by atoms with van der Waals surface area (Å²) in [7, 11) is 0. The van der Waals surface area contributed by atoms with Gasteiger partial charge in [-0.25, -0.2) is 4.98 Å². The van der Waals surface area contributed by atoms with Crippen LogP contribution >= 0.6 is 0 Å². The first-order chi connectivity index (χ1) is 16.2. The van der Waals surface area contributed by atoms with Crippen LogP contribution < -0.4 is 10.6 Å². The van der Waals surface area contributed by atoms with Crippen molar-refractivity contribution in [3.63, 3.8) is 0 Å². The smallest absolute Gasteiger partial charge is 0.350 e. The molecule has 0 atom stereocenters. The van der Waals surface area contributed by atoms with Crippen molar-refractivity contribution in [2.75, 3.05) is 5.32 Å². The summed E-state index contributed by atoms with van der Waals surface area (Å²) in [6.07, 6.45) is -0.310. The van der Waals surface area contributed by atoms with Gasteiger partial charge in [-0.1, -0.05) is 18.7 Å². The van der Waals surface area contributed by atoms with Crippen molar-refractivity contribution in [3.8, 4) is 0 Å². The van der Waals surface area contributed by atoms with Crippen LogP contribution in [0.1, 0.15) is 53.2 Å². The van der Waals surface area contributed by atoms with E-state index in [9.17, 15) is 22.8 Å². The predicted molar refractivity (Wildman–Crippen MR) is 123 cm³/mol. The molecule has 1 heterocycles. The standard InChI is InChI=1S/C25H25F3N4O2/c1-3-22(33)29-18-8-10-19(11-9-18)32-21-12-7-15(2)13-20(21)30-24(32)31-23(34)16-5-4-6-17(14-16)25(26,27)28/h3-7,12-14,18-19H,1,8-11H2,2H3,(H,29,33)(H,30,31,34)/t18-,19-. The Labute approximate surface area is 194 Å². The van der Waals surface area contributed by atoms with Gasteiger partial charge in [0.15, 0.2) is 0 Å². The lowest BCUT2D eigenvalue weighted by Crippen LogP contribution is -2.37. The molecule has 2 amide bonds. The Balaban J connectivity index is 1.62. The van der Waals surface area contributed by atoms with Crippen LogP contribution in [-0.4, -0.2) is 27.4 Å². The lowest BCUT2D eigenvalue weighted by atomic mass is 9.90. The predicted octanol–water partition coefficient (Wildman–Crippen LogP) is 5.40. The number of carbonyl (C=O) groups excluding carboxylic acids is 2. The molecule has 4 rings (SSSR count). The van der Waals surface area contributed by atoms with Crippen LogP contribution in [-0.2, 0) is 11.0 Å². The number of benzene rings is 2. The highest BCUT2D eigenvalue weighted by Crippen LogP contribution is 2.35. The van der Waals surface area contributed by atoms with E-state index in [0.717, 1.165) is 48.9 Å². The summed E-state index contributed by atoms with van der Waals surface area (Å²) in [5, 5.41) is 5.65. The Morgan fingerprint density at radius 2 is 1.85 bits per heavy atom.